The molecule has 0 aromatic heterocycles. The lowest BCUT2D eigenvalue weighted by Gasteiger charge is -2.34. The summed E-state index contributed by atoms with van der Waals surface area (Å²) in [6, 6.07) is 13.6. The number of fused-ring (bicyclic) bond motifs is 2. The number of carbonyl (C=O) groups excluding carboxylic acids is 1. The average Bonchev–Trinajstić information content (AvgIpc) is 3.23. The number of amides is 1. The number of methoxy groups -OCH3 is 6. The number of rotatable bonds is 11. The van der Waals surface area contributed by atoms with Gasteiger partial charge in [-0.15, -0.1) is 0 Å². The maximum Gasteiger partial charge on any atom is 0.303 e. The van der Waals surface area contributed by atoms with Crippen LogP contribution in [0.1, 0.15) is 48.8 Å². The van der Waals surface area contributed by atoms with Crippen molar-refractivity contribution in [2.45, 2.75) is 37.6 Å². The van der Waals surface area contributed by atoms with E-state index in [9.17, 15) is 19.8 Å². The Morgan fingerprint density at radius 3 is 1.81 bits per heavy atom. The summed E-state index contributed by atoms with van der Waals surface area (Å²) in [7, 11) is 9.13. The summed E-state index contributed by atoms with van der Waals surface area (Å²) >= 11 is 0. The van der Waals surface area contributed by atoms with E-state index in [2.05, 4.69) is 4.99 Å². The number of aliphatic hydroxyl groups is 1. The average molecular weight is 648 g/mol. The van der Waals surface area contributed by atoms with Crippen LogP contribution in [0, 0.1) is 0 Å². The highest BCUT2D eigenvalue weighted by Crippen LogP contribution is 2.49. The number of benzene rings is 3. The Kier molecular flexibility index (Phi) is 9.78. The van der Waals surface area contributed by atoms with Crippen molar-refractivity contribution in [1.82, 2.24) is 0 Å². The van der Waals surface area contributed by atoms with E-state index in [0.29, 0.717) is 69.1 Å². The second-order valence-electron chi connectivity index (χ2n) is 11.1. The van der Waals surface area contributed by atoms with Crippen LogP contribution in [0.15, 0.2) is 59.9 Å². The number of carboxylic acid groups (broad SMARTS) is 1. The molecular weight excluding hydrogens is 608 g/mol. The molecule has 3 N–H and O–H groups in total. The minimum atomic E-state index is -1.09. The number of hydrogen-bond acceptors (Lipinski definition) is 9. The summed E-state index contributed by atoms with van der Waals surface area (Å²) in [4.78, 5) is 30.7. The second-order valence-corrected chi connectivity index (χ2v) is 11.1. The Balaban J connectivity index is 1.76. The first-order chi connectivity index (χ1) is 22.7. The highest BCUT2D eigenvalue weighted by atomic mass is 16.5. The van der Waals surface area contributed by atoms with E-state index in [1.165, 1.54) is 28.4 Å². The zero-order valence-electron chi connectivity index (χ0n) is 27.2. The van der Waals surface area contributed by atoms with Gasteiger partial charge in [-0.3, -0.25) is 14.5 Å². The van der Waals surface area contributed by atoms with Gasteiger partial charge in [-0.25, -0.2) is 4.99 Å². The molecule has 1 aliphatic carbocycles. The first-order valence-electron chi connectivity index (χ1n) is 15.0. The lowest BCUT2D eigenvalue weighted by atomic mass is 9.78. The molecule has 0 saturated carbocycles. The van der Waals surface area contributed by atoms with Crippen LogP contribution in [0.2, 0.25) is 0 Å². The van der Waals surface area contributed by atoms with Crippen molar-refractivity contribution < 1.29 is 53.2 Å². The van der Waals surface area contributed by atoms with Gasteiger partial charge in [-0.2, -0.15) is 0 Å². The van der Waals surface area contributed by atoms with Crippen LogP contribution in [0.4, 0.5) is 11.4 Å². The molecule has 0 spiro atoms. The summed E-state index contributed by atoms with van der Waals surface area (Å²) in [5, 5.41) is 21.5. The highest BCUT2D eigenvalue weighted by Gasteiger charge is 2.44. The maximum atomic E-state index is 14.1. The van der Waals surface area contributed by atoms with Gasteiger partial charge in [-0.1, -0.05) is 12.1 Å². The number of carbonyl (C=O) groups is 2. The molecule has 3 aromatic carbocycles. The van der Waals surface area contributed by atoms with Crippen molar-refractivity contribution in [2.75, 3.05) is 47.6 Å². The van der Waals surface area contributed by atoms with Gasteiger partial charge in [0.25, 0.3) is 0 Å². The summed E-state index contributed by atoms with van der Waals surface area (Å²) in [5.41, 5.74) is 3.74. The molecule has 3 aromatic rings. The monoisotopic (exact) mass is 647 g/mol. The third kappa shape index (κ3) is 6.23. The second kappa shape index (κ2) is 13.9. The number of carboxylic acids is 1. The number of ether oxygens (including phenoxy) is 6. The summed E-state index contributed by atoms with van der Waals surface area (Å²) < 4.78 is 33.6. The summed E-state index contributed by atoms with van der Waals surface area (Å²) in [6.07, 6.45) is 0.0533. The van der Waals surface area contributed by atoms with E-state index < -0.39 is 17.9 Å². The molecule has 248 valence electrons. The SMILES string of the molecule is COc1cc(C2CC3=[NH+]c4ccccc4N(C(=O)CCC(=O)O)C(c4cc(OC)c(OC)c(OC)c4)C3=C(O)C2)cc(OC)c1OC. The molecule has 5 rings (SSSR count). The van der Waals surface area contributed by atoms with Crippen LogP contribution in [0.5, 0.6) is 34.5 Å². The minimum Gasteiger partial charge on any atom is -0.512 e. The molecule has 47 heavy (non-hydrogen) atoms. The number of nitrogens with zero attached hydrogens (tertiary/aromatic N) is 1. The molecule has 0 radical (unpaired) electrons. The van der Waals surface area contributed by atoms with E-state index in [1.54, 1.807) is 43.4 Å². The van der Waals surface area contributed by atoms with Crippen LogP contribution >= 0.6 is 0 Å². The van der Waals surface area contributed by atoms with Gasteiger partial charge < -0.3 is 38.6 Å². The third-order valence-corrected chi connectivity index (χ3v) is 8.49. The third-order valence-electron chi connectivity index (χ3n) is 8.49. The molecule has 12 nitrogen and oxygen atoms in total. The molecule has 0 bridgehead atoms. The topological polar surface area (TPSA) is 147 Å². The molecule has 2 unspecified atom stereocenters. The van der Waals surface area contributed by atoms with Gasteiger partial charge in [0.05, 0.1) is 60.7 Å². The fourth-order valence-electron chi connectivity index (χ4n) is 6.37. The predicted octanol–water partition coefficient (Wildman–Crippen LogP) is 4.23. The van der Waals surface area contributed by atoms with Gasteiger partial charge in [0, 0.05) is 31.2 Å². The van der Waals surface area contributed by atoms with Crippen LogP contribution in [0.25, 0.3) is 0 Å². The molecule has 2 atom stereocenters. The van der Waals surface area contributed by atoms with E-state index in [-0.39, 0.29) is 30.9 Å². The molecule has 0 fully saturated rings. The van der Waals surface area contributed by atoms with Crippen LogP contribution < -0.4 is 38.3 Å². The Labute approximate surface area is 272 Å². The molecule has 1 aliphatic heterocycles. The van der Waals surface area contributed by atoms with Crippen molar-refractivity contribution in [3.05, 3.63) is 71.0 Å². The maximum absolute atomic E-state index is 14.1. The fourth-order valence-corrected chi connectivity index (χ4v) is 6.37. The Bertz CT molecular complexity index is 1700. The predicted molar refractivity (Wildman–Crippen MR) is 173 cm³/mol. The lowest BCUT2D eigenvalue weighted by Crippen LogP contribution is -2.67. The van der Waals surface area contributed by atoms with E-state index in [1.807, 2.05) is 24.3 Å². The largest absolute Gasteiger partial charge is 0.512 e. The fraction of sp³-hybridized carbons (Fsp3) is 0.343. The van der Waals surface area contributed by atoms with E-state index >= 15 is 0 Å². The lowest BCUT2D eigenvalue weighted by molar-refractivity contribution is -0.354. The smallest absolute Gasteiger partial charge is 0.303 e. The minimum absolute atomic E-state index is 0.0556. The number of para-hydroxylation sites is 2. The van der Waals surface area contributed by atoms with Crippen LogP contribution in [-0.2, 0) is 9.59 Å². The van der Waals surface area contributed by atoms with Gasteiger partial charge in [0.15, 0.2) is 28.7 Å². The normalized spacial score (nSPS) is 17.1. The Morgan fingerprint density at radius 1 is 0.766 bits per heavy atom. The molecule has 1 heterocycles. The van der Waals surface area contributed by atoms with E-state index in [0.717, 1.165) is 5.56 Å². The quantitative estimate of drug-likeness (QED) is 0.276. The first kappa shape index (κ1) is 33.0. The number of nitrogens with one attached hydrogen (secondary N) is 1. The molecule has 12 heteroatoms. The van der Waals surface area contributed by atoms with Crippen molar-refractivity contribution in [3.8, 4) is 34.5 Å². The van der Waals surface area contributed by atoms with Crippen LogP contribution in [-0.4, -0.2) is 70.5 Å². The summed E-state index contributed by atoms with van der Waals surface area (Å²) in [5.74, 6) is 0.841. The Morgan fingerprint density at radius 2 is 1.30 bits per heavy atom. The summed E-state index contributed by atoms with van der Waals surface area (Å²) in [6.45, 7) is 0. The molecule has 0 saturated heterocycles. The molecular formula is C35H39N2O10+. The van der Waals surface area contributed by atoms with E-state index in [4.69, 9.17) is 28.4 Å². The first-order valence-corrected chi connectivity index (χ1v) is 15.0. The number of allylic oxidation sites excluding steroid dienone is 1. The van der Waals surface area contributed by atoms with Crippen molar-refractivity contribution in [3.63, 3.8) is 0 Å². The van der Waals surface area contributed by atoms with Gasteiger partial charge in [0.2, 0.25) is 23.1 Å². The number of aliphatic hydroxyl groups excluding tert-OH is 1. The molecule has 2 aliphatic rings. The molecule has 1 amide bonds. The Hall–Kier alpha value is -5.39. The highest BCUT2D eigenvalue weighted by molar-refractivity contribution is 6.06. The number of hydrogen-bond donors (Lipinski definition) is 3. The number of aliphatic carboxylic acids is 1. The van der Waals surface area contributed by atoms with Crippen molar-refractivity contribution in [1.29, 1.82) is 0 Å². The van der Waals surface area contributed by atoms with Gasteiger partial charge >= 0.3 is 5.97 Å². The number of anilines is 1. The zero-order chi connectivity index (χ0) is 33.8. The van der Waals surface area contributed by atoms with Crippen molar-refractivity contribution >= 4 is 29.0 Å². The van der Waals surface area contributed by atoms with Crippen molar-refractivity contribution in [2.24, 2.45) is 0 Å². The van der Waals surface area contributed by atoms with Crippen LogP contribution in [0.3, 0.4) is 0 Å². The zero-order valence-corrected chi connectivity index (χ0v) is 27.2. The van der Waals surface area contributed by atoms with Gasteiger partial charge in [0.1, 0.15) is 11.4 Å². The van der Waals surface area contributed by atoms with Gasteiger partial charge in [-0.05, 0) is 41.5 Å². The standard InChI is InChI=1S/C35H38N2O10/c1-42-26-15-20(16-27(43-2)34(26)46-5)19-13-23-32(25(38)14-19)33(21-17-28(44-3)35(47-6)29(18-21)45-4)37(30(39)11-12-31(40)41)24-10-8-7-9-22(24)36-23/h7-10,15-19,33,38H,11-14H2,1-6H3,(H,40,41)/p+1.